The smallest absolute Gasteiger partial charge is 0.207 e. The maximum Gasteiger partial charge on any atom is 0.207 e. The number of aromatic hydroxyl groups is 2. The first-order valence-electron chi connectivity index (χ1n) is 8.30. The van der Waals surface area contributed by atoms with Crippen LogP contribution in [0.2, 0.25) is 0 Å². The molecule has 4 rings (SSSR count). The average Bonchev–Trinajstić information content (AvgIpc) is 3.04. The minimum absolute atomic E-state index is 0.0432. The van der Waals surface area contributed by atoms with Gasteiger partial charge in [0.15, 0.2) is 23.0 Å². The molecule has 0 bridgehead atoms. The van der Waals surface area contributed by atoms with Gasteiger partial charge in [-0.3, -0.25) is 0 Å². The molecule has 2 heterocycles. The first-order chi connectivity index (χ1) is 13.0. The van der Waals surface area contributed by atoms with Crippen molar-refractivity contribution in [2.45, 2.75) is 12.0 Å². The van der Waals surface area contributed by atoms with E-state index in [1.165, 1.54) is 28.4 Å². The predicted molar refractivity (Wildman–Crippen MR) is 94.0 cm³/mol. The Labute approximate surface area is 155 Å². The molecule has 0 spiro atoms. The molecule has 0 aliphatic carbocycles. The lowest BCUT2D eigenvalue weighted by Gasteiger charge is -2.29. The number of rotatable bonds is 4. The molecule has 2 aliphatic rings. The highest BCUT2D eigenvalue weighted by Crippen LogP contribution is 2.61. The number of phenols is 2. The Hall–Kier alpha value is -3.16. The van der Waals surface area contributed by atoms with Crippen LogP contribution >= 0.6 is 0 Å². The van der Waals surface area contributed by atoms with Gasteiger partial charge < -0.3 is 38.6 Å². The monoisotopic (exact) mass is 376 g/mol. The van der Waals surface area contributed by atoms with E-state index >= 15 is 0 Å². The van der Waals surface area contributed by atoms with Crippen molar-refractivity contribution in [3.63, 3.8) is 0 Å². The summed E-state index contributed by atoms with van der Waals surface area (Å²) in [6.07, 6.45) is -0.449. The second-order valence-electron chi connectivity index (χ2n) is 6.22. The van der Waals surface area contributed by atoms with E-state index in [0.29, 0.717) is 35.2 Å². The fraction of sp³-hybridized carbons (Fsp3) is 0.368. The van der Waals surface area contributed by atoms with E-state index in [0.717, 1.165) is 5.56 Å². The molecule has 2 aromatic rings. The van der Waals surface area contributed by atoms with Gasteiger partial charge in [-0.05, 0) is 12.1 Å². The van der Waals surface area contributed by atoms with Crippen LogP contribution in [-0.4, -0.2) is 45.3 Å². The molecule has 0 radical (unpaired) electrons. The molecule has 27 heavy (non-hydrogen) atoms. The summed E-state index contributed by atoms with van der Waals surface area (Å²) in [7, 11) is 5.84. The summed E-state index contributed by atoms with van der Waals surface area (Å²) in [6, 6.07) is 3.14. The van der Waals surface area contributed by atoms with Gasteiger partial charge >= 0.3 is 0 Å². The van der Waals surface area contributed by atoms with Gasteiger partial charge in [0.25, 0.3) is 0 Å². The van der Waals surface area contributed by atoms with Gasteiger partial charge in [-0.1, -0.05) is 0 Å². The highest BCUT2D eigenvalue weighted by Gasteiger charge is 2.45. The summed E-state index contributed by atoms with van der Waals surface area (Å²) in [5.74, 6) is 1.63. The Kier molecular flexibility index (Phi) is 3.98. The summed E-state index contributed by atoms with van der Waals surface area (Å²) in [4.78, 5) is 0. The summed E-state index contributed by atoms with van der Waals surface area (Å²) in [5.41, 5.74) is 1.37. The second kappa shape index (κ2) is 6.22. The minimum atomic E-state index is -0.449. The fourth-order valence-corrected chi connectivity index (χ4v) is 3.78. The lowest BCUT2D eigenvalue weighted by molar-refractivity contribution is 0.132. The van der Waals surface area contributed by atoms with Crippen LogP contribution in [0, 0.1) is 0 Å². The van der Waals surface area contributed by atoms with E-state index in [4.69, 9.17) is 28.4 Å². The van der Waals surface area contributed by atoms with Crippen molar-refractivity contribution < 1.29 is 38.6 Å². The van der Waals surface area contributed by atoms with Crippen LogP contribution in [0.1, 0.15) is 23.1 Å². The fourth-order valence-electron chi connectivity index (χ4n) is 3.78. The second-order valence-corrected chi connectivity index (χ2v) is 6.22. The zero-order chi connectivity index (χ0) is 19.3. The van der Waals surface area contributed by atoms with Crippen molar-refractivity contribution in [2.75, 3.05) is 35.0 Å². The van der Waals surface area contributed by atoms with Crippen molar-refractivity contribution in [1.29, 1.82) is 0 Å². The molecule has 2 aromatic carbocycles. The third kappa shape index (κ3) is 2.29. The number of fused-ring (bicyclic) bond motifs is 5. The van der Waals surface area contributed by atoms with Crippen molar-refractivity contribution in [2.24, 2.45) is 0 Å². The Bertz CT molecular complexity index is 908. The standard InChI is InChI=1S/C19H20O8/c1-22-16-12(21)6-9-13-10(7-26-14(9)18(16)24-3)8-5-11(20)17(23-2)19(25-4)15(8)27-13/h5-6,10,13,20-21H,7H2,1-4H3/t10-,13-/m0/s1. The Morgan fingerprint density at radius 3 is 1.85 bits per heavy atom. The van der Waals surface area contributed by atoms with Gasteiger partial charge in [0.05, 0.1) is 41.0 Å². The lowest BCUT2D eigenvalue weighted by Crippen LogP contribution is -2.23. The number of ether oxygens (including phenoxy) is 6. The summed E-state index contributed by atoms with van der Waals surface area (Å²) in [5, 5.41) is 20.6. The zero-order valence-corrected chi connectivity index (χ0v) is 15.4. The van der Waals surface area contributed by atoms with E-state index < -0.39 is 6.10 Å². The van der Waals surface area contributed by atoms with E-state index in [-0.39, 0.29) is 28.9 Å². The SMILES string of the molecule is COc1c(O)cc2c(c1OC)O[C@H]1c3cc(O)c(OC)c(OC)c3OC[C@@H]21. The molecule has 0 saturated carbocycles. The van der Waals surface area contributed by atoms with Crippen LogP contribution in [0.4, 0.5) is 0 Å². The molecule has 2 atom stereocenters. The Morgan fingerprint density at radius 2 is 1.30 bits per heavy atom. The Morgan fingerprint density at radius 1 is 0.778 bits per heavy atom. The topological polar surface area (TPSA) is 95.8 Å². The van der Waals surface area contributed by atoms with E-state index in [1.54, 1.807) is 12.1 Å². The largest absolute Gasteiger partial charge is 0.504 e. The molecule has 0 unspecified atom stereocenters. The van der Waals surface area contributed by atoms with Gasteiger partial charge in [0.2, 0.25) is 23.0 Å². The highest BCUT2D eigenvalue weighted by atomic mass is 16.6. The summed E-state index contributed by atoms with van der Waals surface area (Å²) >= 11 is 0. The normalized spacial score (nSPS) is 19.1. The van der Waals surface area contributed by atoms with Crippen LogP contribution in [0.15, 0.2) is 12.1 Å². The van der Waals surface area contributed by atoms with Crippen LogP contribution in [0.5, 0.6) is 46.0 Å². The number of methoxy groups -OCH3 is 4. The summed E-state index contributed by atoms with van der Waals surface area (Å²) < 4.78 is 33.4. The van der Waals surface area contributed by atoms with Gasteiger partial charge in [-0.2, -0.15) is 0 Å². The van der Waals surface area contributed by atoms with E-state index in [9.17, 15) is 10.2 Å². The maximum absolute atomic E-state index is 10.3. The quantitative estimate of drug-likeness (QED) is 0.841. The first kappa shape index (κ1) is 17.3. The maximum atomic E-state index is 10.3. The lowest BCUT2D eigenvalue weighted by atomic mass is 9.88. The molecule has 0 fully saturated rings. The zero-order valence-electron chi connectivity index (χ0n) is 15.4. The molecule has 0 saturated heterocycles. The number of hydrogen-bond acceptors (Lipinski definition) is 8. The molecule has 2 N–H and O–H groups in total. The van der Waals surface area contributed by atoms with Crippen molar-refractivity contribution in [1.82, 2.24) is 0 Å². The average molecular weight is 376 g/mol. The summed E-state index contributed by atoms with van der Waals surface area (Å²) in [6.45, 7) is 0.296. The Balaban J connectivity index is 1.87. The van der Waals surface area contributed by atoms with Gasteiger partial charge in [0.1, 0.15) is 6.10 Å². The minimum Gasteiger partial charge on any atom is -0.504 e. The van der Waals surface area contributed by atoms with Crippen LogP contribution in [0.25, 0.3) is 0 Å². The highest BCUT2D eigenvalue weighted by molar-refractivity contribution is 5.68. The molecule has 144 valence electrons. The predicted octanol–water partition coefficient (Wildman–Crippen LogP) is 2.74. The molecular weight excluding hydrogens is 356 g/mol. The number of phenolic OH excluding ortho intramolecular Hbond substituents is 2. The molecular formula is C19H20O8. The molecule has 0 aromatic heterocycles. The first-order valence-corrected chi connectivity index (χ1v) is 8.30. The molecule has 2 aliphatic heterocycles. The number of hydrogen-bond donors (Lipinski definition) is 2. The van der Waals surface area contributed by atoms with Crippen LogP contribution in [0.3, 0.4) is 0 Å². The van der Waals surface area contributed by atoms with Gasteiger partial charge in [-0.15, -0.1) is 0 Å². The molecule has 8 nitrogen and oxygen atoms in total. The third-order valence-corrected chi connectivity index (χ3v) is 4.94. The van der Waals surface area contributed by atoms with Gasteiger partial charge in [0, 0.05) is 11.1 Å². The van der Waals surface area contributed by atoms with E-state index in [1.807, 2.05) is 0 Å². The van der Waals surface area contributed by atoms with Gasteiger partial charge in [-0.25, -0.2) is 0 Å². The van der Waals surface area contributed by atoms with E-state index in [2.05, 4.69) is 0 Å². The molecule has 0 amide bonds. The van der Waals surface area contributed by atoms with Crippen LogP contribution < -0.4 is 28.4 Å². The van der Waals surface area contributed by atoms with Crippen molar-refractivity contribution in [3.05, 3.63) is 23.3 Å². The van der Waals surface area contributed by atoms with Crippen molar-refractivity contribution in [3.8, 4) is 46.0 Å². The number of benzene rings is 2. The molecule has 8 heteroatoms. The van der Waals surface area contributed by atoms with Crippen LogP contribution in [-0.2, 0) is 0 Å². The third-order valence-electron chi connectivity index (χ3n) is 4.94. The van der Waals surface area contributed by atoms with Crippen molar-refractivity contribution >= 4 is 0 Å².